The van der Waals surface area contributed by atoms with Gasteiger partial charge in [0.25, 0.3) is 0 Å². The number of imidazole rings is 1. The van der Waals surface area contributed by atoms with E-state index in [0.29, 0.717) is 0 Å². The van der Waals surface area contributed by atoms with Crippen molar-refractivity contribution in [2.75, 3.05) is 6.54 Å². The molecular formula is C11H17N3O4. The minimum atomic E-state index is -1.17. The number of rotatable bonds is 4. The standard InChI is InChI=1S/C11H17N3O4/c1-11(2,3)18-10(17)6(4-12)8-13-5-7(14-8)9(15)16/h5-6H,4,12H2,1-3H3,(H,13,14)(H,15,16). The maximum absolute atomic E-state index is 11.9. The Morgan fingerprint density at radius 2 is 2.17 bits per heavy atom. The number of carbonyl (C=O) groups excluding carboxylic acids is 1. The van der Waals surface area contributed by atoms with Gasteiger partial charge in [-0.1, -0.05) is 0 Å². The zero-order chi connectivity index (χ0) is 13.9. The normalized spacial score (nSPS) is 13.1. The molecule has 1 unspecified atom stereocenters. The molecule has 1 aromatic heterocycles. The van der Waals surface area contributed by atoms with E-state index >= 15 is 0 Å². The topological polar surface area (TPSA) is 118 Å². The van der Waals surface area contributed by atoms with E-state index in [1.165, 1.54) is 6.20 Å². The molecule has 0 fully saturated rings. The van der Waals surface area contributed by atoms with Crippen molar-refractivity contribution in [1.82, 2.24) is 9.97 Å². The Morgan fingerprint density at radius 1 is 1.56 bits per heavy atom. The molecule has 0 aliphatic carbocycles. The van der Waals surface area contributed by atoms with Gasteiger partial charge in [0.2, 0.25) is 0 Å². The third-order valence-electron chi connectivity index (χ3n) is 2.07. The van der Waals surface area contributed by atoms with Gasteiger partial charge in [-0.3, -0.25) is 4.79 Å². The second-order valence-electron chi connectivity index (χ2n) is 4.80. The molecule has 1 heterocycles. The number of nitrogens with one attached hydrogen (secondary N) is 1. The summed E-state index contributed by atoms with van der Waals surface area (Å²) in [7, 11) is 0. The van der Waals surface area contributed by atoms with Crippen LogP contribution in [0.1, 0.15) is 43.0 Å². The third-order valence-corrected chi connectivity index (χ3v) is 2.07. The fraction of sp³-hybridized carbons (Fsp3) is 0.545. The van der Waals surface area contributed by atoms with Crippen LogP contribution in [0.3, 0.4) is 0 Å². The highest BCUT2D eigenvalue weighted by atomic mass is 16.6. The highest BCUT2D eigenvalue weighted by molar-refractivity contribution is 5.85. The number of H-pyrrole nitrogens is 1. The Balaban J connectivity index is 2.88. The molecule has 4 N–H and O–H groups in total. The van der Waals surface area contributed by atoms with Crippen molar-refractivity contribution in [3.05, 3.63) is 17.7 Å². The SMILES string of the molecule is CC(C)(C)OC(=O)C(CN)c1nc(C(=O)O)c[nH]1. The van der Waals surface area contributed by atoms with Crippen LogP contribution in [0.2, 0.25) is 0 Å². The zero-order valence-corrected chi connectivity index (χ0v) is 10.6. The highest BCUT2D eigenvalue weighted by Crippen LogP contribution is 2.17. The smallest absolute Gasteiger partial charge is 0.356 e. The molecule has 0 saturated heterocycles. The van der Waals surface area contributed by atoms with E-state index < -0.39 is 23.5 Å². The van der Waals surface area contributed by atoms with Crippen LogP contribution in [-0.2, 0) is 9.53 Å². The lowest BCUT2D eigenvalue weighted by Crippen LogP contribution is -2.31. The summed E-state index contributed by atoms with van der Waals surface area (Å²) in [6, 6.07) is 0. The second-order valence-corrected chi connectivity index (χ2v) is 4.80. The quantitative estimate of drug-likeness (QED) is 0.674. The number of hydrogen-bond donors (Lipinski definition) is 3. The van der Waals surface area contributed by atoms with E-state index in [2.05, 4.69) is 9.97 Å². The second kappa shape index (κ2) is 5.18. The van der Waals surface area contributed by atoms with Crippen LogP contribution in [0, 0.1) is 0 Å². The molecule has 0 aliphatic heterocycles. The molecule has 0 radical (unpaired) electrons. The number of aromatic carboxylic acids is 1. The average Bonchev–Trinajstić information content (AvgIpc) is 2.65. The number of carboxylic acids is 1. The van der Waals surface area contributed by atoms with E-state index in [9.17, 15) is 9.59 Å². The van der Waals surface area contributed by atoms with Crippen LogP contribution in [0.5, 0.6) is 0 Å². The number of carboxylic acid groups (broad SMARTS) is 1. The van der Waals surface area contributed by atoms with Crippen LogP contribution in [0.25, 0.3) is 0 Å². The number of aromatic nitrogens is 2. The molecule has 1 rings (SSSR count). The molecule has 7 nitrogen and oxygen atoms in total. The van der Waals surface area contributed by atoms with Gasteiger partial charge in [0.1, 0.15) is 17.3 Å². The first-order valence-electron chi connectivity index (χ1n) is 5.46. The number of nitrogens with zero attached hydrogens (tertiary/aromatic N) is 1. The average molecular weight is 255 g/mol. The molecule has 1 aromatic rings. The molecule has 0 spiro atoms. The predicted octanol–water partition coefficient (Wildman–Crippen LogP) is 0.492. The summed E-state index contributed by atoms with van der Waals surface area (Å²) in [6.45, 7) is 5.21. The summed E-state index contributed by atoms with van der Waals surface area (Å²) >= 11 is 0. The molecule has 100 valence electrons. The first-order valence-corrected chi connectivity index (χ1v) is 5.46. The van der Waals surface area contributed by atoms with E-state index in [0.717, 1.165) is 0 Å². The van der Waals surface area contributed by atoms with Crippen molar-refractivity contribution in [2.45, 2.75) is 32.3 Å². The monoisotopic (exact) mass is 255 g/mol. The molecule has 0 saturated carbocycles. The summed E-state index contributed by atoms with van der Waals surface area (Å²) in [4.78, 5) is 29.0. The van der Waals surface area contributed by atoms with Crippen molar-refractivity contribution in [3.63, 3.8) is 0 Å². The zero-order valence-electron chi connectivity index (χ0n) is 10.6. The minimum absolute atomic E-state index is 0.0124. The number of nitrogens with two attached hydrogens (primary N) is 1. The Bertz CT molecular complexity index is 447. The lowest BCUT2D eigenvalue weighted by Gasteiger charge is -2.22. The Hall–Kier alpha value is -1.89. The lowest BCUT2D eigenvalue weighted by molar-refractivity contribution is -0.156. The van der Waals surface area contributed by atoms with Crippen molar-refractivity contribution in [1.29, 1.82) is 0 Å². The molecule has 1 atom stereocenters. The van der Waals surface area contributed by atoms with Gasteiger partial charge in [-0.2, -0.15) is 0 Å². The summed E-state index contributed by atoms with van der Waals surface area (Å²) < 4.78 is 5.19. The van der Waals surface area contributed by atoms with Crippen LogP contribution >= 0.6 is 0 Å². The molecule has 0 aliphatic rings. The fourth-order valence-corrected chi connectivity index (χ4v) is 1.32. The van der Waals surface area contributed by atoms with Crippen LogP contribution in [-0.4, -0.2) is 39.2 Å². The van der Waals surface area contributed by atoms with Gasteiger partial charge in [-0.25, -0.2) is 9.78 Å². The summed E-state index contributed by atoms with van der Waals surface area (Å²) in [6.07, 6.45) is 1.21. The van der Waals surface area contributed by atoms with Gasteiger partial charge in [-0.15, -0.1) is 0 Å². The van der Waals surface area contributed by atoms with E-state index in [1.54, 1.807) is 20.8 Å². The van der Waals surface area contributed by atoms with Crippen molar-refractivity contribution >= 4 is 11.9 Å². The predicted molar refractivity (Wildman–Crippen MR) is 63.2 cm³/mol. The van der Waals surface area contributed by atoms with E-state index in [1.807, 2.05) is 0 Å². The maximum Gasteiger partial charge on any atom is 0.356 e. The first kappa shape index (κ1) is 14.2. The minimum Gasteiger partial charge on any atom is -0.476 e. The number of carbonyl (C=O) groups is 2. The highest BCUT2D eigenvalue weighted by Gasteiger charge is 2.28. The first-order chi connectivity index (χ1) is 8.24. The Labute approximate surface area is 104 Å². The van der Waals surface area contributed by atoms with Crippen LogP contribution < -0.4 is 5.73 Å². The van der Waals surface area contributed by atoms with E-state index in [-0.39, 0.29) is 18.1 Å². The number of esters is 1. The number of ether oxygens (including phenoxy) is 1. The molecule has 7 heteroatoms. The van der Waals surface area contributed by atoms with Gasteiger partial charge in [0, 0.05) is 12.7 Å². The van der Waals surface area contributed by atoms with Gasteiger partial charge in [-0.05, 0) is 20.8 Å². The van der Waals surface area contributed by atoms with Crippen molar-refractivity contribution in [2.24, 2.45) is 5.73 Å². The molecule has 0 aromatic carbocycles. The Morgan fingerprint density at radius 3 is 2.56 bits per heavy atom. The maximum atomic E-state index is 11.9. The fourth-order valence-electron chi connectivity index (χ4n) is 1.32. The summed E-state index contributed by atoms with van der Waals surface area (Å²) in [5.74, 6) is -2.30. The number of hydrogen-bond acceptors (Lipinski definition) is 5. The third kappa shape index (κ3) is 3.56. The molecule has 18 heavy (non-hydrogen) atoms. The summed E-state index contributed by atoms with van der Waals surface area (Å²) in [5.41, 5.74) is 4.71. The van der Waals surface area contributed by atoms with Crippen molar-refractivity contribution in [3.8, 4) is 0 Å². The van der Waals surface area contributed by atoms with Gasteiger partial charge < -0.3 is 20.6 Å². The van der Waals surface area contributed by atoms with Gasteiger partial charge >= 0.3 is 11.9 Å². The van der Waals surface area contributed by atoms with Gasteiger partial charge in [0.05, 0.1) is 0 Å². The largest absolute Gasteiger partial charge is 0.476 e. The molecular weight excluding hydrogens is 238 g/mol. The van der Waals surface area contributed by atoms with Crippen molar-refractivity contribution < 1.29 is 19.4 Å². The lowest BCUT2D eigenvalue weighted by atomic mass is 10.1. The number of aromatic amines is 1. The van der Waals surface area contributed by atoms with Gasteiger partial charge in [0.15, 0.2) is 5.69 Å². The summed E-state index contributed by atoms with van der Waals surface area (Å²) in [5, 5.41) is 8.75. The van der Waals surface area contributed by atoms with Crippen LogP contribution in [0.15, 0.2) is 6.20 Å². The Kier molecular flexibility index (Phi) is 4.07. The van der Waals surface area contributed by atoms with E-state index in [4.69, 9.17) is 15.6 Å². The molecule has 0 bridgehead atoms. The van der Waals surface area contributed by atoms with Crippen LogP contribution in [0.4, 0.5) is 0 Å². The molecule has 0 amide bonds.